The number of benzene rings is 4. The van der Waals surface area contributed by atoms with Crippen LogP contribution in [0.2, 0.25) is 0 Å². The molecule has 0 aliphatic carbocycles. The van der Waals surface area contributed by atoms with Crippen molar-refractivity contribution >= 4 is 11.4 Å². The van der Waals surface area contributed by atoms with Crippen LogP contribution in [0.4, 0.5) is 0 Å². The van der Waals surface area contributed by atoms with Gasteiger partial charge in [-0.15, -0.1) is 24.3 Å². The third-order valence-electron chi connectivity index (χ3n) is 12.7. The summed E-state index contributed by atoms with van der Waals surface area (Å²) in [5.74, 6) is 0. The van der Waals surface area contributed by atoms with Crippen LogP contribution in [0.15, 0.2) is 109 Å². The molecule has 3 heteroatoms. The van der Waals surface area contributed by atoms with Crippen molar-refractivity contribution in [2.45, 2.75) is 208 Å². The smallest absolute Gasteiger partial charge is 0.493 e. The second kappa shape index (κ2) is 36.5. The van der Waals surface area contributed by atoms with Gasteiger partial charge in [0.05, 0.1) is 0 Å². The molecule has 1 aliphatic rings. The average molecular weight is 970 g/mol. The number of rotatable bonds is 29. The van der Waals surface area contributed by atoms with E-state index in [1.54, 1.807) is 4.70 Å². The van der Waals surface area contributed by atoms with E-state index in [4.69, 9.17) is 0 Å². The summed E-state index contributed by atoms with van der Waals surface area (Å²) in [5.41, 5.74) is 25.4. The minimum Gasteiger partial charge on any atom is -0.493 e. The molecule has 0 fully saturated rings. The van der Waals surface area contributed by atoms with Gasteiger partial charge in [0.2, 0.25) is 11.4 Å². The molecule has 65 heavy (non-hydrogen) atoms. The molecule has 2 nitrogen and oxygen atoms in total. The molecule has 0 radical (unpaired) electrons. The van der Waals surface area contributed by atoms with Crippen LogP contribution in [0, 0.1) is 13.8 Å². The fraction of sp³-hybridized carbons (Fsp3) is 0.516. The largest absolute Gasteiger partial charge is 2.00 e. The molecule has 0 spiro atoms. The normalized spacial score (nSPS) is 12.0. The van der Waals surface area contributed by atoms with Crippen LogP contribution in [0.5, 0.6) is 0 Å². The van der Waals surface area contributed by atoms with Crippen LogP contribution < -0.4 is 0 Å². The third-order valence-corrected chi connectivity index (χ3v) is 12.7. The second-order valence-corrected chi connectivity index (χ2v) is 18.4. The Morgan fingerprint density at radius 2 is 0.738 bits per heavy atom. The Morgan fingerprint density at radius 1 is 0.400 bits per heavy atom. The van der Waals surface area contributed by atoms with Crippen molar-refractivity contribution in [3.05, 3.63) is 173 Å². The molecular formula is C62H90N2Pd. The third kappa shape index (κ3) is 24.1. The molecule has 0 atom stereocenters. The van der Waals surface area contributed by atoms with Crippen LogP contribution >= 0.6 is 0 Å². The van der Waals surface area contributed by atoms with Crippen molar-refractivity contribution in [1.29, 1.82) is 0 Å². The van der Waals surface area contributed by atoms with E-state index in [-0.39, 0.29) is 20.4 Å². The quantitative estimate of drug-likeness (QED) is 0.0224. The number of aryl methyl sites for hydroxylation is 4. The van der Waals surface area contributed by atoms with E-state index in [0.29, 0.717) is 0 Å². The van der Waals surface area contributed by atoms with E-state index in [1.807, 2.05) is 60.7 Å². The summed E-state index contributed by atoms with van der Waals surface area (Å²) in [7, 11) is 0. The van der Waals surface area contributed by atoms with Gasteiger partial charge in [0.25, 0.3) is 0 Å². The molecule has 0 bridgehead atoms. The van der Waals surface area contributed by atoms with E-state index in [9.17, 15) is 5.53 Å². The SMILES string of the molecule is CCCCCCCCCCCCCCCCC1=C(c2cc(CC)cc(CCCCCC)c2)[N+](=[N-])C(c2cc(CC)cc(CCCCCC)c2)=C1.[CH2-]c1ccccc1.[CH2-]c1ccccc1.[Pd+2]. The Morgan fingerprint density at radius 3 is 1.12 bits per heavy atom. The zero-order chi connectivity index (χ0) is 46.0. The Hall–Kier alpha value is -3.64. The molecule has 0 aromatic heterocycles. The molecule has 0 saturated heterocycles. The molecule has 358 valence electrons. The van der Waals surface area contributed by atoms with Gasteiger partial charge in [0.1, 0.15) is 0 Å². The van der Waals surface area contributed by atoms with E-state index in [2.05, 4.69) is 90.9 Å². The second-order valence-electron chi connectivity index (χ2n) is 18.4. The number of hydrogen-bond donors (Lipinski definition) is 0. The van der Waals surface area contributed by atoms with E-state index in [1.165, 1.54) is 175 Å². The number of unbranched alkanes of at least 4 members (excludes halogenated alkanes) is 19. The standard InChI is InChI=1S/C48H76N2.2C7H7.Pd/c1-6-11-14-17-18-19-20-21-22-23-24-25-26-29-32-44-39-47(45-35-40(9-4)33-42(37-45)30-27-15-12-7-2)50(49)48(44)46-36-41(10-5)34-43(38-46)31-28-16-13-8-3;2*1-7-5-3-2-4-6-7;/h33-39H,6-32H2,1-5H3;2*2-6H,1H2;/q;2*-1;+2. The van der Waals surface area contributed by atoms with Crippen LogP contribution in [0.1, 0.15) is 227 Å². The molecule has 0 N–H and O–H groups in total. The average Bonchev–Trinajstić information content (AvgIpc) is 3.65. The molecule has 1 heterocycles. The monoisotopic (exact) mass is 969 g/mol. The minimum atomic E-state index is 0. The molecule has 0 unspecified atom stereocenters. The molecule has 0 saturated carbocycles. The number of hydrogen-bond acceptors (Lipinski definition) is 0. The van der Waals surface area contributed by atoms with Crippen molar-refractivity contribution in [1.82, 2.24) is 0 Å². The first-order chi connectivity index (χ1) is 31.3. The Balaban J connectivity index is 0.000000816. The fourth-order valence-corrected chi connectivity index (χ4v) is 8.74. The van der Waals surface area contributed by atoms with Crippen molar-refractivity contribution in [3.8, 4) is 0 Å². The number of nitrogens with zero attached hydrogens (tertiary/aromatic N) is 2. The van der Waals surface area contributed by atoms with Crippen molar-refractivity contribution < 1.29 is 25.1 Å². The first kappa shape index (κ1) is 57.5. The van der Waals surface area contributed by atoms with E-state index >= 15 is 0 Å². The Labute approximate surface area is 414 Å². The topological polar surface area (TPSA) is 25.3 Å². The zero-order valence-corrected chi connectivity index (χ0v) is 43.6. The first-order valence-corrected chi connectivity index (χ1v) is 26.3. The van der Waals surface area contributed by atoms with Gasteiger partial charge in [0.15, 0.2) is 0 Å². The summed E-state index contributed by atoms with van der Waals surface area (Å²) in [6.45, 7) is 18.8. The van der Waals surface area contributed by atoms with Gasteiger partial charge < -0.3 is 5.53 Å². The summed E-state index contributed by atoms with van der Waals surface area (Å²) in [6.07, 6.45) is 37.1. The first-order valence-electron chi connectivity index (χ1n) is 26.3. The van der Waals surface area contributed by atoms with Crippen LogP contribution in [-0.2, 0) is 46.1 Å². The summed E-state index contributed by atoms with van der Waals surface area (Å²) in [4.78, 5) is 0. The van der Waals surface area contributed by atoms with Gasteiger partial charge >= 0.3 is 20.4 Å². The van der Waals surface area contributed by atoms with Crippen LogP contribution in [0.25, 0.3) is 16.9 Å². The molecule has 5 rings (SSSR count). The summed E-state index contributed by atoms with van der Waals surface area (Å²) in [5, 5.41) is 0. The van der Waals surface area contributed by atoms with Gasteiger partial charge in [-0.3, -0.25) is 0 Å². The predicted octanol–water partition coefficient (Wildman–Crippen LogP) is 19.5. The summed E-state index contributed by atoms with van der Waals surface area (Å²) in [6, 6.07) is 34.0. The molecule has 1 aliphatic heterocycles. The molecule has 4 aromatic carbocycles. The summed E-state index contributed by atoms with van der Waals surface area (Å²) < 4.78 is 1.56. The van der Waals surface area contributed by atoms with Crippen LogP contribution in [0.3, 0.4) is 0 Å². The van der Waals surface area contributed by atoms with Crippen molar-refractivity contribution in [2.75, 3.05) is 0 Å². The Kier molecular flexibility index (Phi) is 32.3. The maximum Gasteiger partial charge on any atom is 2.00 e. The van der Waals surface area contributed by atoms with Gasteiger partial charge in [-0.05, 0) is 97.9 Å². The summed E-state index contributed by atoms with van der Waals surface area (Å²) >= 11 is 0. The van der Waals surface area contributed by atoms with Gasteiger partial charge in [-0.2, -0.15) is 49.2 Å². The fourth-order valence-electron chi connectivity index (χ4n) is 8.74. The predicted molar refractivity (Wildman–Crippen MR) is 283 cm³/mol. The molecular weight excluding hydrogens is 879 g/mol. The van der Waals surface area contributed by atoms with Gasteiger partial charge in [-0.25, -0.2) is 4.70 Å². The van der Waals surface area contributed by atoms with E-state index in [0.717, 1.165) is 60.2 Å². The maximum absolute atomic E-state index is 12.0. The van der Waals surface area contributed by atoms with Crippen LogP contribution in [-0.4, -0.2) is 4.70 Å². The van der Waals surface area contributed by atoms with Crippen molar-refractivity contribution in [2.24, 2.45) is 0 Å². The maximum atomic E-state index is 12.0. The molecule has 0 amide bonds. The number of allylic oxidation sites excluding steroid dienone is 2. The van der Waals surface area contributed by atoms with Gasteiger partial charge in [0, 0.05) is 22.8 Å². The zero-order valence-electron chi connectivity index (χ0n) is 42.0. The Bertz CT molecular complexity index is 1850. The minimum absolute atomic E-state index is 0. The van der Waals surface area contributed by atoms with E-state index < -0.39 is 0 Å². The van der Waals surface area contributed by atoms with Crippen molar-refractivity contribution in [3.63, 3.8) is 0 Å². The molecule has 4 aromatic rings. The van der Waals surface area contributed by atoms with Gasteiger partial charge in [-0.1, -0.05) is 181 Å².